The third-order valence-corrected chi connectivity index (χ3v) is 4.27. The highest BCUT2D eigenvalue weighted by molar-refractivity contribution is 5.91. The Balaban J connectivity index is 1.47. The largest absolute Gasteiger partial charge is 0.493 e. The summed E-state index contributed by atoms with van der Waals surface area (Å²) in [6, 6.07) is 9.08. The highest BCUT2D eigenvalue weighted by Gasteiger charge is 2.18. The molecule has 0 atom stereocenters. The first kappa shape index (κ1) is 18.6. The van der Waals surface area contributed by atoms with Crippen molar-refractivity contribution < 1.29 is 14.3 Å². The molecular weight excluding hydrogens is 346 g/mol. The number of aliphatic imine (C=N–C) groups is 1. The molecule has 0 bridgehead atoms. The Hall–Kier alpha value is -3.16. The molecule has 2 heterocycles. The molecule has 1 saturated heterocycles. The summed E-state index contributed by atoms with van der Waals surface area (Å²) in [6.07, 6.45) is 3.22. The second-order valence-electron chi connectivity index (χ2n) is 6.04. The van der Waals surface area contributed by atoms with Gasteiger partial charge < -0.3 is 20.1 Å². The summed E-state index contributed by atoms with van der Waals surface area (Å²) < 4.78 is 11.0. The van der Waals surface area contributed by atoms with Crippen molar-refractivity contribution in [2.24, 2.45) is 10.7 Å². The molecule has 0 unspecified atom stereocenters. The second kappa shape index (κ2) is 8.98. The van der Waals surface area contributed by atoms with E-state index in [9.17, 15) is 4.79 Å². The van der Waals surface area contributed by atoms with Crippen LogP contribution >= 0.6 is 0 Å². The third-order valence-electron chi connectivity index (χ3n) is 4.27. The summed E-state index contributed by atoms with van der Waals surface area (Å²) in [5.74, 6) is 1.43. The van der Waals surface area contributed by atoms with Gasteiger partial charge in [-0.3, -0.25) is 9.79 Å². The number of hydrogen-bond acceptors (Lipinski definition) is 7. The number of para-hydroxylation sites is 2. The maximum Gasteiger partial charge on any atom is 0.267 e. The quantitative estimate of drug-likeness (QED) is 0.745. The van der Waals surface area contributed by atoms with Crippen molar-refractivity contribution in [1.82, 2.24) is 9.97 Å². The maximum atomic E-state index is 11.3. The minimum Gasteiger partial charge on any atom is -0.493 e. The summed E-state index contributed by atoms with van der Waals surface area (Å²) in [6.45, 7) is 2.61. The molecular formula is C19H23N5O3. The molecule has 1 aliphatic rings. The highest BCUT2D eigenvalue weighted by Crippen LogP contribution is 2.25. The van der Waals surface area contributed by atoms with E-state index in [4.69, 9.17) is 15.2 Å². The van der Waals surface area contributed by atoms with Crippen molar-refractivity contribution in [3.8, 4) is 11.5 Å². The molecule has 8 heteroatoms. The van der Waals surface area contributed by atoms with Gasteiger partial charge in [-0.15, -0.1) is 0 Å². The molecule has 0 spiro atoms. The van der Waals surface area contributed by atoms with Crippen LogP contribution in [-0.4, -0.2) is 54.9 Å². The molecule has 142 valence electrons. The van der Waals surface area contributed by atoms with Gasteiger partial charge in [-0.05, 0) is 18.2 Å². The lowest BCUT2D eigenvalue weighted by molar-refractivity contribution is 0.0995. The van der Waals surface area contributed by atoms with E-state index in [1.807, 2.05) is 29.2 Å². The van der Waals surface area contributed by atoms with Crippen LogP contribution in [0.4, 0.5) is 5.95 Å². The summed E-state index contributed by atoms with van der Waals surface area (Å²) in [7, 11) is 1.62. The van der Waals surface area contributed by atoms with Crippen molar-refractivity contribution >= 4 is 17.6 Å². The van der Waals surface area contributed by atoms with Crippen molar-refractivity contribution in [2.45, 2.75) is 12.8 Å². The number of benzene rings is 1. The SMILES string of the molecule is COc1ccccc1OCCN=C1CCN(c2nccc(C(N)=O)n2)CC1. The zero-order valence-electron chi connectivity index (χ0n) is 15.3. The van der Waals surface area contributed by atoms with E-state index < -0.39 is 5.91 Å². The Labute approximate surface area is 158 Å². The second-order valence-corrected chi connectivity index (χ2v) is 6.04. The van der Waals surface area contributed by atoms with Crippen LogP contribution in [0.2, 0.25) is 0 Å². The Morgan fingerprint density at radius 3 is 2.67 bits per heavy atom. The van der Waals surface area contributed by atoms with E-state index >= 15 is 0 Å². The zero-order valence-corrected chi connectivity index (χ0v) is 15.3. The Bertz CT molecular complexity index is 814. The summed E-state index contributed by atoms with van der Waals surface area (Å²) in [4.78, 5) is 26.4. The smallest absolute Gasteiger partial charge is 0.267 e. The van der Waals surface area contributed by atoms with Crippen LogP contribution < -0.4 is 20.1 Å². The minimum absolute atomic E-state index is 0.230. The van der Waals surface area contributed by atoms with Crippen molar-refractivity contribution in [3.05, 3.63) is 42.2 Å². The Kier molecular flexibility index (Phi) is 6.19. The van der Waals surface area contributed by atoms with Crippen LogP contribution in [0.5, 0.6) is 11.5 Å². The fourth-order valence-electron chi connectivity index (χ4n) is 2.86. The van der Waals surface area contributed by atoms with E-state index in [0.717, 1.165) is 43.1 Å². The van der Waals surface area contributed by atoms with Crippen molar-refractivity contribution in [2.75, 3.05) is 38.3 Å². The van der Waals surface area contributed by atoms with Gasteiger partial charge in [0.1, 0.15) is 12.3 Å². The van der Waals surface area contributed by atoms with Crippen LogP contribution in [0, 0.1) is 0 Å². The van der Waals surface area contributed by atoms with Gasteiger partial charge in [0.25, 0.3) is 5.91 Å². The number of nitrogens with zero attached hydrogens (tertiary/aromatic N) is 4. The van der Waals surface area contributed by atoms with E-state index in [-0.39, 0.29) is 5.69 Å². The van der Waals surface area contributed by atoms with Crippen LogP contribution in [0.3, 0.4) is 0 Å². The van der Waals surface area contributed by atoms with Gasteiger partial charge in [-0.1, -0.05) is 12.1 Å². The van der Waals surface area contributed by atoms with E-state index in [0.29, 0.717) is 19.1 Å². The number of amides is 1. The maximum absolute atomic E-state index is 11.3. The number of carbonyl (C=O) groups is 1. The highest BCUT2D eigenvalue weighted by atomic mass is 16.5. The van der Waals surface area contributed by atoms with Crippen LogP contribution in [-0.2, 0) is 0 Å². The topological polar surface area (TPSA) is 103 Å². The number of hydrogen-bond donors (Lipinski definition) is 1. The molecule has 1 aliphatic heterocycles. The van der Waals surface area contributed by atoms with Gasteiger partial charge >= 0.3 is 0 Å². The lowest BCUT2D eigenvalue weighted by Gasteiger charge is -2.27. The van der Waals surface area contributed by atoms with E-state index in [2.05, 4.69) is 15.0 Å². The predicted molar refractivity (Wildman–Crippen MR) is 103 cm³/mol. The average molecular weight is 369 g/mol. The fraction of sp³-hybridized carbons (Fsp3) is 0.368. The summed E-state index contributed by atoms with van der Waals surface area (Å²) in [5.41, 5.74) is 6.66. The number of carbonyl (C=O) groups excluding carboxylic acids is 1. The molecule has 8 nitrogen and oxygen atoms in total. The molecule has 1 aromatic heterocycles. The lowest BCUT2D eigenvalue weighted by atomic mass is 10.1. The van der Waals surface area contributed by atoms with Crippen LogP contribution in [0.25, 0.3) is 0 Å². The fourth-order valence-corrected chi connectivity index (χ4v) is 2.86. The van der Waals surface area contributed by atoms with Gasteiger partial charge in [-0.2, -0.15) is 0 Å². The first-order chi connectivity index (χ1) is 13.2. The molecule has 2 aromatic rings. The molecule has 1 fully saturated rings. The molecule has 3 rings (SSSR count). The van der Waals surface area contributed by atoms with Gasteiger partial charge in [0, 0.05) is 37.8 Å². The first-order valence-electron chi connectivity index (χ1n) is 8.83. The predicted octanol–water partition coefficient (Wildman–Crippen LogP) is 1.70. The number of nitrogens with two attached hydrogens (primary N) is 1. The molecule has 1 aromatic carbocycles. The number of piperidine rings is 1. The molecule has 0 aliphatic carbocycles. The Morgan fingerprint density at radius 1 is 1.22 bits per heavy atom. The zero-order chi connectivity index (χ0) is 19.1. The minimum atomic E-state index is -0.548. The Morgan fingerprint density at radius 2 is 1.96 bits per heavy atom. The van der Waals surface area contributed by atoms with Gasteiger partial charge in [0.2, 0.25) is 5.95 Å². The summed E-state index contributed by atoms with van der Waals surface area (Å²) >= 11 is 0. The standard InChI is InChI=1S/C19H23N5O3/c1-26-16-4-2-3-5-17(16)27-13-10-21-14-7-11-24(12-8-14)19-22-9-6-15(23-19)18(20)25/h2-6,9H,7-8,10-13H2,1H3,(H2,20,25). The van der Waals surface area contributed by atoms with Gasteiger partial charge in [-0.25, -0.2) is 9.97 Å². The van der Waals surface area contributed by atoms with Crippen molar-refractivity contribution in [1.29, 1.82) is 0 Å². The van der Waals surface area contributed by atoms with Gasteiger partial charge in [0.15, 0.2) is 11.5 Å². The molecule has 27 heavy (non-hydrogen) atoms. The molecule has 0 saturated carbocycles. The van der Waals surface area contributed by atoms with Crippen molar-refractivity contribution in [3.63, 3.8) is 0 Å². The third kappa shape index (κ3) is 4.93. The number of anilines is 1. The van der Waals surface area contributed by atoms with E-state index in [1.54, 1.807) is 13.3 Å². The summed E-state index contributed by atoms with van der Waals surface area (Å²) in [5, 5.41) is 0. The average Bonchev–Trinajstić information content (AvgIpc) is 2.72. The number of primary amides is 1. The number of ether oxygens (including phenoxy) is 2. The lowest BCUT2D eigenvalue weighted by Crippen LogP contribution is -2.35. The number of rotatable bonds is 7. The normalized spacial score (nSPS) is 14.0. The molecule has 1 amide bonds. The first-order valence-corrected chi connectivity index (χ1v) is 8.83. The number of aromatic nitrogens is 2. The monoisotopic (exact) mass is 369 g/mol. The van der Waals surface area contributed by atoms with Gasteiger partial charge in [0.05, 0.1) is 13.7 Å². The van der Waals surface area contributed by atoms with E-state index in [1.165, 1.54) is 6.07 Å². The number of methoxy groups -OCH3 is 1. The van der Waals surface area contributed by atoms with Crippen LogP contribution in [0.15, 0.2) is 41.5 Å². The van der Waals surface area contributed by atoms with Crippen LogP contribution in [0.1, 0.15) is 23.3 Å². The molecule has 2 N–H and O–H groups in total. The molecule has 0 radical (unpaired) electrons.